The van der Waals surface area contributed by atoms with Crippen LogP contribution in [0.4, 0.5) is 10.1 Å². The number of anilines is 1. The fourth-order valence-corrected chi connectivity index (χ4v) is 2.51. The molecule has 142 valence electrons. The summed E-state index contributed by atoms with van der Waals surface area (Å²) in [5, 5.41) is 14.2. The molecule has 0 aliphatic heterocycles. The first kappa shape index (κ1) is 20.1. The monoisotopic (exact) mass is 372 g/mol. The second-order valence-electron chi connectivity index (χ2n) is 6.46. The molecule has 0 radical (unpaired) electrons. The van der Waals surface area contributed by atoms with Gasteiger partial charge in [0.1, 0.15) is 11.9 Å². The van der Waals surface area contributed by atoms with E-state index in [2.05, 4.69) is 10.6 Å². The molecule has 0 aliphatic rings. The van der Waals surface area contributed by atoms with Gasteiger partial charge in [-0.3, -0.25) is 14.4 Å². The molecule has 2 aromatic rings. The number of hydrogen-bond donors (Lipinski definition) is 3. The second kappa shape index (κ2) is 8.93. The van der Waals surface area contributed by atoms with Gasteiger partial charge in [-0.05, 0) is 47.9 Å². The minimum atomic E-state index is -0.968. The van der Waals surface area contributed by atoms with Gasteiger partial charge in [0.25, 0.3) is 5.91 Å². The fraction of sp³-hybridized carbons (Fsp3) is 0.250. The number of hydrogen-bond acceptors (Lipinski definition) is 3. The molecule has 2 aromatic carbocycles. The lowest BCUT2D eigenvalue weighted by molar-refractivity contribution is -0.136. The number of carboxylic acids is 1. The van der Waals surface area contributed by atoms with E-state index in [1.54, 1.807) is 38.1 Å². The van der Waals surface area contributed by atoms with Crippen molar-refractivity contribution < 1.29 is 23.9 Å². The van der Waals surface area contributed by atoms with Crippen molar-refractivity contribution in [2.24, 2.45) is 5.92 Å². The average Bonchev–Trinajstić information content (AvgIpc) is 2.59. The van der Waals surface area contributed by atoms with Crippen molar-refractivity contribution in [2.45, 2.75) is 26.3 Å². The van der Waals surface area contributed by atoms with Gasteiger partial charge in [-0.25, -0.2) is 4.39 Å². The molecular formula is C20H21FN2O4. The molecule has 0 spiro atoms. The van der Waals surface area contributed by atoms with Crippen LogP contribution in [0.2, 0.25) is 0 Å². The Labute approximate surface area is 156 Å². The average molecular weight is 372 g/mol. The number of carbonyl (C=O) groups excluding carboxylic acids is 2. The molecule has 0 heterocycles. The van der Waals surface area contributed by atoms with Crippen LogP contribution in [0.3, 0.4) is 0 Å². The van der Waals surface area contributed by atoms with Crippen molar-refractivity contribution in [2.75, 3.05) is 5.32 Å². The van der Waals surface area contributed by atoms with Crippen LogP contribution in [0.1, 0.15) is 29.8 Å². The Morgan fingerprint density at radius 2 is 1.74 bits per heavy atom. The largest absolute Gasteiger partial charge is 0.481 e. The molecule has 2 amide bonds. The Hall–Kier alpha value is -3.22. The number of nitrogens with one attached hydrogen (secondary N) is 2. The lowest BCUT2D eigenvalue weighted by atomic mass is 10.0. The molecule has 1 atom stereocenters. The molecule has 3 N–H and O–H groups in total. The summed E-state index contributed by atoms with van der Waals surface area (Å²) in [4.78, 5) is 35.7. The lowest BCUT2D eigenvalue weighted by Gasteiger charge is -2.22. The normalized spacial score (nSPS) is 11.7. The summed E-state index contributed by atoms with van der Waals surface area (Å²) < 4.78 is 13.0. The van der Waals surface area contributed by atoms with Crippen LogP contribution in [0, 0.1) is 11.7 Å². The maximum absolute atomic E-state index is 13.0. The zero-order chi connectivity index (χ0) is 20.0. The summed E-state index contributed by atoms with van der Waals surface area (Å²) >= 11 is 0. The molecule has 0 aromatic heterocycles. The first-order valence-electron chi connectivity index (χ1n) is 8.44. The Balaban J connectivity index is 2.09. The molecular weight excluding hydrogens is 351 g/mol. The van der Waals surface area contributed by atoms with Crippen LogP contribution in [-0.4, -0.2) is 28.9 Å². The standard InChI is InChI=1S/C20H21FN2O4/c1-12(2)18(23-19(26)14-6-8-15(21)9-7-14)20(27)22-16-5-3-4-13(10-16)11-17(24)25/h3-10,12,18H,11H2,1-2H3,(H,22,27)(H,23,26)(H,24,25). The quantitative estimate of drug-likeness (QED) is 0.696. The van der Waals surface area contributed by atoms with E-state index >= 15 is 0 Å². The van der Waals surface area contributed by atoms with Crippen molar-refractivity contribution in [3.63, 3.8) is 0 Å². The number of carbonyl (C=O) groups is 3. The molecule has 0 bridgehead atoms. The summed E-state index contributed by atoms with van der Waals surface area (Å²) in [6, 6.07) is 10.7. The van der Waals surface area contributed by atoms with Crippen LogP contribution >= 0.6 is 0 Å². The molecule has 2 rings (SSSR count). The number of rotatable bonds is 7. The molecule has 6 nitrogen and oxygen atoms in total. The highest BCUT2D eigenvalue weighted by molar-refractivity contribution is 6.01. The number of carboxylic acid groups (broad SMARTS) is 1. The third-order valence-corrected chi connectivity index (χ3v) is 3.89. The Bertz CT molecular complexity index is 834. The Morgan fingerprint density at radius 1 is 1.07 bits per heavy atom. The van der Waals surface area contributed by atoms with E-state index in [4.69, 9.17) is 5.11 Å². The molecule has 0 saturated heterocycles. The van der Waals surface area contributed by atoms with Crippen LogP contribution < -0.4 is 10.6 Å². The van der Waals surface area contributed by atoms with E-state index < -0.39 is 29.6 Å². The SMILES string of the molecule is CC(C)C(NC(=O)c1ccc(F)cc1)C(=O)Nc1cccc(CC(=O)O)c1. The summed E-state index contributed by atoms with van der Waals surface area (Å²) in [6.07, 6.45) is -0.154. The van der Waals surface area contributed by atoms with Crippen LogP contribution in [0.15, 0.2) is 48.5 Å². The summed E-state index contributed by atoms with van der Waals surface area (Å²) in [7, 11) is 0. The number of amides is 2. The van der Waals surface area contributed by atoms with E-state index in [0.717, 1.165) is 0 Å². The molecule has 0 fully saturated rings. The zero-order valence-electron chi connectivity index (χ0n) is 15.0. The van der Waals surface area contributed by atoms with Crippen molar-refractivity contribution in [3.05, 3.63) is 65.5 Å². The topological polar surface area (TPSA) is 95.5 Å². The zero-order valence-corrected chi connectivity index (χ0v) is 15.0. The highest BCUT2D eigenvalue weighted by atomic mass is 19.1. The minimum Gasteiger partial charge on any atom is -0.481 e. The van der Waals surface area contributed by atoms with E-state index in [-0.39, 0.29) is 17.9 Å². The Kier molecular flexibility index (Phi) is 6.65. The van der Waals surface area contributed by atoms with E-state index in [1.807, 2.05) is 0 Å². The number of halogens is 1. The highest BCUT2D eigenvalue weighted by Gasteiger charge is 2.25. The predicted molar refractivity (Wildman–Crippen MR) is 98.9 cm³/mol. The van der Waals surface area contributed by atoms with E-state index in [1.165, 1.54) is 24.3 Å². The van der Waals surface area contributed by atoms with Crippen LogP contribution in [0.25, 0.3) is 0 Å². The van der Waals surface area contributed by atoms with E-state index in [9.17, 15) is 18.8 Å². The maximum atomic E-state index is 13.0. The lowest BCUT2D eigenvalue weighted by Crippen LogP contribution is -2.47. The van der Waals surface area contributed by atoms with Gasteiger partial charge in [0.15, 0.2) is 0 Å². The second-order valence-corrected chi connectivity index (χ2v) is 6.46. The minimum absolute atomic E-state index is 0.154. The van der Waals surface area contributed by atoms with Gasteiger partial charge < -0.3 is 15.7 Å². The van der Waals surface area contributed by atoms with Gasteiger partial charge in [0.2, 0.25) is 5.91 Å². The smallest absolute Gasteiger partial charge is 0.307 e. The van der Waals surface area contributed by atoms with Crippen molar-refractivity contribution in [1.82, 2.24) is 5.32 Å². The fourth-order valence-electron chi connectivity index (χ4n) is 2.51. The van der Waals surface area contributed by atoms with Crippen molar-refractivity contribution >= 4 is 23.5 Å². The van der Waals surface area contributed by atoms with Gasteiger partial charge in [0.05, 0.1) is 6.42 Å². The summed E-state index contributed by atoms with van der Waals surface area (Å²) in [6.45, 7) is 3.58. The predicted octanol–water partition coefficient (Wildman–Crippen LogP) is 2.85. The van der Waals surface area contributed by atoms with Gasteiger partial charge >= 0.3 is 5.97 Å². The van der Waals surface area contributed by atoms with Crippen molar-refractivity contribution in [1.29, 1.82) is 0 Å². The van der Waals surface area contributed by atoms with Gasteiger partial charge in [0, 0.05) is 11.3 Å². The molecule has 0 saturated carbocycles. The van der Waals surface area contributed by atoms with E-state index in [0.29, 0.717) is 11.3 Å². The Morgan fingerprint density at radius 3 is 2.33 bits per heavy atom. The van der Waals surface area contributed by atoms with Crippen LogP contribution in [0.5, 0.6) is 0 Å². The van der Waals surface area contributed by atoms with Gasteiger partial charge in [-0.1, -0.05) is 26.0 Å². The van der Waals surface area contributed by atoms with Gasteiger partial charge in [-0.15, -0.1) is 0 Å². The summed E-state index contributed by atoms with van der Waals surface area (Å²) in [5.41, 5.74) is 1.25. The number of aliphatic carboxylic acids is 1. The third kappa shape index (κ3) is 5.91. The highest BCUT2D eigenvalue weighted by Crippen LogP contribution is 2.14. The molecule has 7 heteroatoms. The molecule has 0 aliphatic carbocycles. The van der Waals surface area contributed by atoms with Crippen molar-refractivity contribution in [3.8, 4) is 0 Å². The first-order chi connectivity index (χ1) is 12.8. The third-order valence-electron chi connectivity index (χ3n) is 3.89. The van der Waals surface area contributed by atoms with Crippen LogP contribution in [-0.2, 0) is 16.0 Å². The maximum Gasteiger partial charge on any atom is 0.307 e. The number of benzene rings is 2. The first-order valence-corrected chi connectivity index (χ1v) is 8.44. The molecule has 27 heavy (non-hydrogen) atoms. The van der Waals surface area contributed by atoms with Gasteiger partial charge in [-0.2, -0.15) is 0 Å². The summed E-state index contributed by atoms with van der Waals surface area (Å²) in [5.74, 6) is -2.52. The molecule has 1 unspecified atom stereocenters.